The van der Waals surface area contributed by atoms with E-state index in [1.165, 1.54) is 44.2 Å². The van der Waals surface area contributed by atoms with Crippen molar-refractivity contribution in [2.24, 2.45) is 0 Å². The first-order chi connectivity index (χ1) is 10.6. The van der Waals surface area contributed by atoms with Gasteiger partial charge in [0.1, 0.15) is 0 Å². The largest absolute Gasteiger partial charge is 0.478 e. The van der Waals surface area contributed by atoms with E-state index in [1.807, 2.05) is 12.1 Å². The fraction of sp³-hybridized carbons (Fsp3) is 0.611. The van der Waals surface area contributed by atoms with Gasteiger partial charge in [-0.05, 0) is 37.6 Å². The molecule has 0 atom stereocenters. The van der Waals surface area contributed by atoms with Gasteiger partial charge in [0.05, 0.1) is 5.56 Å². The van der Waals surface area contributed by atoms with Crippen molar-refractivity contribution in [1.29, 1.82) is 0 Å². The number of aromatic carboxylic acids is 1. The summed E-state index contributed by atoms with van der Waals surface area (Å²) in [7, 11) is 2.23. The van der Waals surface area contributed by atoms with Crippen LogP contribution in [-0.4, -0.2) is 53.1 Å². The third-order valence-electron chi connectivity index (χ3n) is 5.35. The van der Waals surface area contributed by atoms with Gasteiger partial charge in [0.2, 0.25) is 0 Å². The zero-order valence-electron chi connectivity index (χ0n) is 13.4. The highest BCUT2D eigenvalue weighted by Crippen LogP contribution is 2.37. The van der Waals surface area contributed by atoms with Crippen molar-refractivity contribution < 1.29 is 9.90 Å². The molecule has 1 spiro atoms. The number of hydrogen-bond acceptors (Lipinski definition) is 3. The van der Waals surface area contributed by atoms with Crippen LogP contribution >= 0.6 is 0 Å². The van der Waals surface area contributed by atoms with E-state index >= 15 is 0 Å². The Hall–Kier alpha value is -1.39. The second-order valence-electron chi connectivity index (χ2n) is 6.95. The lowest BCUT2D eigenvalue weighted by Crippen LogP contribution is -2.61. The van der Waals surface area contributed by atoms with Crippen LogP contribution in [0.15, 0.2) is 24.3 Å². The van der Waals surface area contributed by atoms with Crippen LogP contribution in [0.5, 0.6) is 0 Å². The lowest BCUT2D eigenvalue weighted by atomic mass is 9.78. The Bertz CT molecular complexity index is 520. The van der Waals surface area contributed by atoms with Gasteiger partial charge in [-0.3, -0.25) is 4.90 Å². The van der Waals surface area contributed by atoms with Crippen LogP contribution in [0.3, 0.4) is 0 Å². The molecule has 2 fully saturated rings. The maximum Gasteiger partial charge on any atom is 0.335 e. The van der Waals surface area contributed by atoms with Crippen molar-refractivity contribution in [3.63, 3.8) is 0 Å². The molecule has 4 nitrogen and oxygen atoms in total. The highest BCUT2D eigenvalue weighted by Gasteiger charge is 2.41. The molecule has 0 radical (unpaired) electrons. The van der Waals surface area contributed by atoms with Crippen LogP contribution in [0.25, 0.3) is 0 Å². The molecule has 1 N–H and O–H groups in total. The van der Waals surface area contributed by atoms with Crippen molar-refractivity contribution >= 4 is 5.97 Å². The minimum atomic E-state index is -0.852. The zero-order valence-corrected chi connectivity index (χ0v) is 13.4. The Balaban J connectivity index is 1.75. The average molecular weight is 302 g/mol. The van der Waals surface area contributed by atoms with E-state index in [-0.39, 0.29) is 0 Å². The summed E-state index contributed by atoms with van der Waals surface area (Å²) in [5.74, 6) is -0.852. The molecule has 0 bridgehead atoms. The number of benzene rings is 1. The summed E-state index contributed by atoms with van der Waals surface area (Å²) in [6, 6.07) is 7.39. The fourth-order valence-corrected chi connectivity index (χ4v) is 4.11. The van der Waals surface area contributed by atoms with Crippen molar-refractivity contribution in [3.05, 3.63) is 35.4 Å². The molecule has 1 aliphatic carbocycles. The molecule has 22 heavy (non-hydrogen) atoms. The molecule has 1 saturated carbocycles. The summed E-state index contributed by atoms with van der Waals surface area (Å²) in [5, 5.41) is 9.01. The zero-order chi connectivity index (χ0) is 15.6. The lowest BCUT2D eigenvalue weighted by molar-refractivity contribution is -0.0238. The average Bonchev–Trinajstić information content (AvgIpc) is 2.51. The molecule has 1 aromatic carbocycles. The summed E-state index contributed by atoms with van der Waals surface area (Å²) < 4.78 is 0. The molecular formula is C18H26N2O2. The summed E-state index contributed by atoms with van der Waals surface area (Å²) in [4.78, 5) is 16.1. The van der Waals surface area contributed by atoms with Crippen LogP contribution < -0.4 is 0 Å². The van der Waals surface area contributed by atoms with Gasteiger partial charge in [0.15, 0.2) is 0 Å². The summed E-state index contributed by atoms with van der Waals surface area (Å²) >= 11 is 0. The number of nitrogens with zero attached hydrogens (tertiary/aromatic N) is 2. The van der Waals surface area contributed by atoms with E-state index in [1.54, 1.807) is 12.1 Å². The number of carboxylic acid groups (broad SMARTS) is 1. The lowest BCUT2D eigenvalue weighted by Gasteiger charge is -2.52. The van der Waals surface area contributed by atoms with E-state index < -0.39 is 5.97 Å². The monoisotopic (exact) mass is 302 g/mol. The summed E-state index contributed by atoms with van der Waals surface area (Å²) in [6.07, 6.45) is 6.63. The van der Waals surface area contributed by atoms with Crippen molar-refractivity contribution in [3.8, 4) is 0 Å². The van der Waals surface area contributed by atoms with Crippen LogP contribution in [0.1, 0.15) is 48.0 Å². The van der Waals surface area contributed by atoms with Crippen LogP contribution in [0.2, 0.25) is 0 Å². The normalized spacial score (nSPS) is 22.8. The first-order valence-corrected chi connectivity index (χ1v) is 8.35. The third-order valence-corrected chi connectivity index (χ3v) is 5.35. The Kier molecular flexibility index (Phi) is 4.50. The molecule has 1 aromatic rings. The quantitative estimate of drug-likeness (QED) is 0.932. The Morgan fingerprint density at radius 3 is 2.45 bits per heavy atom. The molecule has 120 valence electrons. The number of piperazine rings is 1. The maximum atomic E-state index is 11.0. The van der Waals surface area contributed by atoms with Gasteiger partial charge >= 0.3 is 5.97 Å². The van der Waals surface area contributed by atoms with Gasteiger partial charge in [0, 0.05) is 31.7 Å². The second-order valence-corrected chi connectivity index (χ2v) is 6.95. The number of carboxylic acids is 1. The van der Waals surface area contributed by atoms with Gasteiger partial charge < -0.3 is 10.0 Å². The molecule has 4 heteroatoms. The molecule has 1 aliphatic heterocycles. The van der Waals surface area contributed by atoms with Gasteiger partial charge in [0.25, 0.3) is 0 Å². The van der Waals surface area contributed by atoms with Crippen LogP contribution in [-0.2, 0) is 6.54 Å². The van der Waals surface area contributed by atoms with Crippen LogP contribution in [0.4, 0.5) is 0 Å². The van der Waals surface area contributed by atoms with Gasteiger partial charge in [-0.2, -0.15) is 0 Å². The molecule has 2 aliphatic rings. The van der Waals surface area contributed by atoms with E-state index in [0.717, 1.165) is 19.6 Å². The summed E-state index contributed by atoms with van der Waals surface area (Å²) in [5.41, 5.74) is 1.92. The molecule has 1 saturated heterocycles. The first kappa shape index (κ1) is 15.5. The predicted octanol–water partition coefficient (Wildman–Crippen LogP) is 2.84. The molecule has 0 aromatic heterocycles. The maximum absolute atomic E-state index is 11.0. The number of rotatable bonds is 3. The standard InChI is InChI=1S/C18H26N2O2/c1-19-11-12-20(18(14-19)9-3-2-4-10-18)13-15-5-7-16(8-6-15)17(21)22/h5-8H,2-4,9-14H2,1H3,(H,21,22). The van der Waals surface area contributed by atoms with Gasteiger partial charge in [-0.1, -0.05) is 31.4 Å². The summed E-state index contributed by atoms with van der Waals surface area (Å²) in [6.45, 7) is 4.33. The number of likely N-dealkylation sites (N-methyl/N-ethyl adjacent to an activating group) is 1. The number of carbonyl (C=O) groups is 1. The Morgan fingerprint density at radius 2 is 1.82 bits per heavy atom. The molecule has 0 unspecified atom stereocenters. The molecule has 1 heterocycles. The smallest absolute Gasteiger partial charge is 0.335 e. The fourth-order valence-electron chi connectivity index (χ4n) is 4.11. The predicted molar refractivity (Wildman–Crippen MR) is 87.1 cm³/mol. The molecule has 3 rings (SSSR count). The van der Waals surface area contributed by atoms with Crippen LogP contribution in [0, 0.1) is 0 Å². The number of hydrogen-bond donors (Lipinski definition) is 1. The van der Waals surface area contributed by atoms with E-state index in [0.29, 0.717) is 11.1 Å². The van der Waals surface area contributed by atoms with E-state index in [9.17, 15) is 4.79 Å². The van der Waals surface area contributed by atoms with Gasteiger partial charge in [-0.15, -0.1) is 0 Å². The third kappa shape index (κ3) is 3.18. The Morgan fingerprint density at radius 1 is 1.14 bits per heavy atom. The Labute approximate surface area is 132 Å². The minimum Gasteiger partial charge on any atom is -0.478 e. The minimum absolute atomic E-state index is 0.330. The van der Waals surface area contributed by atoms with Crippen molar-refractivity contribution in [2.45, 2.75) is 44.2 Å². The first-order valence-electron chi connectivity index (χ1n) is 8.35. The second kappa shape index (κ2) is 6.39. The van der Waals surface area contributed by atoms with E-state index in [2.05, 4.69) is 16.8 Å². The topological polar surface area (TPSA) is 43.8 Å². The highest BCUT2D eigenvalue weighted by molar-refractivity contribution is 5.87. The van der Waals surface area contributed by atoms with E-state index in [4.69, 9.17) is 5.11 Å². The highest BCUT2D eigenvalue weighted by atomic mass is 16.4. The van der Waals surface area contributed by atoms with Crippen molar-refractivity contribution in [2.75, 3.05) is 26.7 Å². The van der Waals surface area contributed by atoms with Crippen molar-refractivity contribution in [1.82, 2.24) is 9.80 Å². The SMILES string of the molecule is CN1CCN(Cc2ccc(C(=O)O)cc2)C2(CCCCC2)C1. The molecule has 0 amide bonds. The molecular weight excluding hydrogens is 276 g/mol. The van der Waals surface area contributed by atoms with Gasteiger partial charge in [-0.25, -0.2) is 4.79 Å².